The maximum Gasteiger partial charge on any atom is 0.258 e. The van der Waals surface area contributed by atoms with Crippen LogP contribution in [0.1, 0.15) is 38.9 Å². The quantitative estimate of drug-likeness (QED) is 0.426. The van der Waals surface area contributed by atoms with Gasteiger partial charge in [-0.25, -0.2) is 4.98 Å². The van der Waals surface area contributed by atoms with Gasteiger partial charge in [0, 0.05) is 31.7 Å². The zero-order chi connectivity index (χ0) is 24.2. The van der Waals surface area contributed by atoms with Crippen LogP contribution in [0, 0.1) is 0 Å². The van der Waals surface area contributed by atoms with Crippen LogP contribution in [-0.2, 0) is 13.0 Å². The highest BCUT2D eigenvalue weighted by Gasteiger charge is 2.36. The molecule has 1 unspecified atom stereocenters. The van der Waals surface area contributed by atoms with Crippen LogP contribution < -0.4 is 14.8 Å². The molecule has 8 heteroatoms. The predicted molar refractivity (Wildman–Crippen MR) is 131 cm³/mol. The van der Waals surface area contributed by atoms with Crippen molar-refractivity contribution in [2.45, 2.75) is 19.0 Å². The largest absolute Gasteiger partial charge is 0.493 e. The maximum atomic E-state index is 14.0. The number of fused-ring (bicyclic) bond motifs is 1. The molecule has 1 aliphatic rings. The Morgan fingerprint density at radius 2 is 1.89 bits per heavy atom. The van der Waals surface area contributed by atoms with Crippen LogP contribution >= 0.6 is 0 Å². The number of ether oxygens (including phenoxy) is 2. The molecule has 0 radical (unpaired) electrons. The van der Waals surface area contributed by atoms with E-state index in [1.54, 1.807) is 51.2 Å². The Labute approximate surface area is 203 Å². The van der Waals surface area contributed by atoms with Crippen LogP contribution in [0.2, 0.25) is 0 Å². The molecule has 0 saturated heterocycles. The summed E-state index contributed by atoms with van der Waals surface area (Å²) in [4.78, 5) is 24.3. The highest BCUT2D eigenvalue weighted by atomic mass is 16.5. The second-order valence-corrected chi connectivity index (χ2v) is 8.18. The lowest BCUT2D eigenvalue weighted by Crippen LogP contribution is -2.40. The number of methoxy groups -OCH3 is 2. The average molecular weight is 471 g/mol. The van der Waals surface area contributed by atoms with Gasteiger partial charge < -0.3 is 24.1 Å². The Morgan fingerprint density at radius 1 is 1.09 bits per heavy atom. The number of carbonyl (C=O) groups excluding carboxylic acids is 1. The average Bonchev–Trinajstić information content (AvgIpc) is 3.45. The molecule has 0 aliphatic carbocycles. The number of pyridine rings is 2. The number of nitrogens with zero attached hydrogens (tertiary/aromatic N) is 3. The molecule has 0 bridgehead atoms. The van der Waals surface area contributed by atoms with E-state index in [9.17, 15) is 4.79 Å². The van der Waals surface area contributed by atoms with Crippen molar-refractivity contribution in [2.75, 3.05) is 26.1 Å². The number of rotatable bonds is 7. The molecule has 1 N–H and O–H groups in total. The molecule has 1 aliphatic heterocycles. The van der Waals surface area contributed by atoms with Crippen LogP contribution in [0.15, 0.2) is 77.8 Å². The fourth-order valence-electron chi connectivity index (χ4n) is 4.48. The molecule has 35 heavy (non-hydrogen) atoms. The molecular formula is C27H26N4O4. The molecule has 1 aromatic carbocycles. The van der Waals surface area contributed by atoms with E-state index in [0.29, 0.717) is 48.2 Å². The van der Waals surface area contributed by atoms with Gasteiger partial charge in [0.1, 0.15) is 17.6 Å². The standard InChI is InChI=1S/C27H26N4O4/c1-33-23-15-19-9-13-31(25(22-6-4-14-35-22)21(19)16-24(23)34-2)27(32)20-5-3-10-29-26(20)30-17-18-7-11-28-12-8-18/h3-8,10-12,14-16,25H,9,13,17H2,1-2H3,(H,29,30). The lowest BCUT2D eigenvalue weighted by Gasteiger charge is -2.37. The predicted octanol–water partition coefficient (Wildman–Crippen LogP) is 4.49. The summed E-state index contributed by atoms with van der Waals surface area (Å²) in [5, 5.41) is 3.31. The Morgan fingerprint density at radius 3 is 2.63 bits per heavy atom. The second kappa shape index (κ2) is 9.89. The zero-order valence-electron chi connectivity index (χ0n) is 19.6. The molecule has 4 aromatic rings. The minimum atomic E-state index is -0.408. The Kier molecular flexibility index (Phi) is 6.34. The topological polar surface area (TPSA) is 89.7 Å². The number of nitrogens with one attached hydrogen (secondary N) is 1. The van der Waals surface area contributed by atoms with Crippen molar-refractivity contribution in [3.05, 3.63) is 101 Å². The minimum absolute atomic E-state index is 0.128. The van der Waals surface area contributed by atoms with Crippen molar-refractivity contribution in [2.24, 2.45) is 0 Å². The first-order valence-corrected chi connectivity index (χ1v) is 11.4. The number of anilines is 1. The third kappa shape index (κ3) is 4.42. The summed E-state index contributed by atoms with van der Waals surface area (Å²) in [5.74, 6) is 2.36. The van der Waals surface area contributed by atoms with E-state index in [1.165, 1.54) is 0 Å². The molecule has 0 spiro atoms. The molecule has 4 heterocycles. The van der Waals surface area contributed by atoms with Gasteiger partial charge in [-0.2, -0.15) is 0 Å². The first kappa shape index (κ1) is 22.5. The van der Waals surface area contributed by atoms with Gasteiger partial charge in [-0.1, -0.05) is 0 Å². The number of carbonyl (C=O) groups is 1. The smallest absolute Gasteiger partial charge is 0.258 e. The zero-order valence-corrected chi connectivity index (χ0v) is 19.6. The van der Waals surface area contributed by atoms with Gasteiger partial charge in [0.05, 0.1) is 26.0 Å². The van der Waals surface area contributed by atoms with Crippen molar-refractivity contribution in [1.82, 2.24) is 14.9 Å². The van der Waals surface area contributed by atoms with Crippen LogP contribution in [0.4, 0.5) is 5.82 Å². The van der Waals surface area contributed by atoms with Crippen molar-refractivity contribution < 1.29 is 18.7 Å². The highest BCUT2D eigenvalue weighted by molar-refractivity contribution is 5.99. The first-order chi connectivity index (χ1) is 17.2. The summed E-state index contributed by atoms with van der Waals surface area (Å²) in [6.45, 7) is 1.05. The van der Waals surface area contributed by atoms with E-state index < -0.39 is 6.04 Å². The third-order valence-electron chi connectivity index (χ3n) is 6.19. The summed E-state index contributed by atoms with van der Waals surface area (Å²) in [6.07, 6.45) is 7.46. The number of aromatic nitrogens is 2. The fraction of sp³-hybridized carbons (Fsp3) is 0.222. The number of hydrogen-bond acceptors (Lipinski definition) is 7. The molecule has 1 atom stereocenters. The SMILES string of the molecule is COc1cc2c(cc1OC)C(c1ccco1)N(C(=O)c1cccnc1NCc1ccncc1)CC2. The van der Waals surface area contributed by atoms with Crippen LogP contribution in [0.3, 0.4) is 0 Å². The van der Waals surface area contributed by atoms with Crippen molar-refractivity contribution in [3.63, 3.8) is 0 Å². The number of hydrogen-bond donors (Lipinski definition) is 1. The van der Waals surface area contributed by atoms with Gasteiger partial charge in [0.25, 0.3) is 5.91 Å². The molecule has 0 saturated carbocycles. The Hall–Kier alpha value is -4.33. The molecule has 1 amide bonds. The highest BCUT2D eigenvalue weighted by Crippen LogP contribution is 2.41. The molecular weight excluding hydrogens is 444 g/mol. The van der Waals surface area contributed by atoms with E-state index in [0.717, 1.165) is 16.7 Å². The summed E-state index contributed by atoms with van der Waals surface area (Å²) in [7, 11) is 3.23. The van der Waals surface area contributed by atoms with Gasteiger partial charge in [-0.3, -0.25) is 9.78 Å². The number of furan rings is 1. The van der Waals surface area contributed by atoms with E-state index in [2.05, 4.69) is 15.3 Å². The normalized spacial score (nSPS) is 14.8. The van der Waals surface area contributed by atoms with Crippen LogP contribution in [-0.4, -0.2) is 41.5 Å². The Balaban J connectivity index is 1.51. The van der Waals surface area contributed by atoms with Gasteiger partial charge >= 0.3 is 0 Å². The van der Waals surface area contributed by atoms with Gasteiger partial charge in [0.2, 0.25) is 0 Å². The van der Waals surface area contributed by atoms with E-state index in [-0.39, 0.29) is 5.91 Å². The summed E-state index contributed by atoms with van der Waals surface area (Å²) in [6, 6.07) is 14.7. The third-order valence-corrected chi connectivity index (χ3v) is 6.19. The lowest BCUT2D eigenvalue weighted by molar-refractivity contribution is 0.0676. The van der Waals surface area contributed by atoms with E-state index in [1.807, 2.05) is 41.3 Å². The second-order valence-electron chi connectivity index (χ2n) is 8.18. The van der Waals surface area contributed by atoms with Gasteiger partial charge in [-0.05, 0) is 71.6 Å². The summed E-state index contributed by atoms with van der Waals surface area (Å²) in [5.41, 5.74) is 3.59. The van der Waals surface area contributed by atoms with Gasteiger partial charge in [-0.15, -0.1) is 0 Å². The Bertz CT molecular complexity index is 1310. The number of benzene rings is 1. The molecule has 0 fully saturated rings. The molecule has 5 rings (SSSR count). The lowest BCUT2D eigenvalue weighted by atomic mass is 9.90. The van der Waals surface area contributed by atoms with Crippen LogP contribution in [0.25, 0.3) is 0 Å². The van der Waals surface area contributed by atoms with E-state index >= 15 is 0 Å². The van der Waals surface area contributed by atoms with Gasteiger partial charge in [0.15, 0.2) is 11.5 Å². The molecule has 8 nitrogen and oxygen atoms in total. The monoisotopic (exact) mass is 470 g/mol. The van der Waals surface area contributed by atoms with Crippen molar-refractivity contribution >= 4 is 11.7 Å². The van der Waals surface area contributed by atoms with Crippen LogP contribution in [0.5, 0.6) is 11.5 Å². The fourth-order valence-corrected chi connectivity index (χ4v) is 4.48. The number of amides is 1. The molecule has 178 valence electrons. The maximum absolute atomic E-state index is 14.0. The minimum Gasteiger partial charge on any atom is -0.493 e. The summed E-state index contributed by atoms with van der Waals surface area (Å²) < 4.78 is 16.9. The van der Waals surface area contributed by atoms with E-state index in [4.69, 9.17) is 13.9 Å². The first-order valence-electron chi connectivity index (χ1n) is 11.4. The van der Waals surface area contributed by atoms with Crippen molar-refractivity contribution in [1.29, 1.82) is 0 Å². The summed E-state index contributed by atoms with van der Waals surface area (Å²) >= 11 is 0. The van der Waals surface area contributed by atoms with Crippen molar-refractivity contribution in [3.8, 4) is 11.5 Å². The molecule has 3 aromatic heterocycles.